The first-order valence-corrected chi connectivity index (χ1v) is 4.59. The van der Waals surface area contributed by atoms with Gasteiger partial charge in [0.05, 0.1) is 12.0 Å². The molecule has 0 saturated carbocycles. The molecular weight excluding hydrogens is 181 g/mol. The van der Waals surface area contributed by atoms with E-state index in [1.807, 2.05) is 13.0 Å². The van der Waals surface area contributed by atoms with E-state index < -0.39 is 0 Å². The minimum Gasteiger partial charge on any atom is -0.346 e. The van der Waals surface area contributed by atoms with Gasteiger partial charge in [0.25, 0.3) is 0 Å². The zero-order valence-corrected chi connectivity index (χ0v) is 8.23. The lowest BCUT2D eigenvalue weighted by atomic mass is 9.82. The highest BCUT2D eigenvalue weighted by Crippen LogP contribution is 2.32. The predicted molar refractivity (Wildman–Crippen MR) is 51.2 cm³/mol. The molecule has 3 heteroatoms. The van der Waals surface area contributed by atoms with Crippen molar-refractivity contribution >= 4 is 5.91 Å². The second-order valence-corrected chi connectivity index (χ2v) is 4.02. The Morgan fingerprint density at radius 1 is 1.50 bits per heavy atom. The Labute approximate surface area is 82.1 Å². The molecule has 14 heavy (non-hydrogen) atoms. The second-order valence-electron chi connectivity index (χ2n) is 4.02. The number of benzene rings is 1. The molecule has 1 atom stereocenters. The Morgan fingerprint density at radius 3 is 2.64 bits per heavy atom. The summed E-state index contributed by atoms with van der Waals surface area (Å²) in [7, 11) is 0. The predicted octanol–water partition coefficient (Wildman–Crippen LogP) is 1.87. The summed E-state index contributed by atoms with van der Waals surface area (Å²) in [6, 6.07) is 5.09. The lowest BCUT2D eigenvalue weighted by molar-refractivity contribution is -0.132. The van der Waals surface area contributed by atoms with E-state index in [2.05, 4.69) is 5.32 Å². The fourth-order valence-corrected chi connectivity index (χ4v) is 1.72. The number of halogens is 1. The molecule has 0 bridgehead atoms. The van der Waals surface area contributed by atoms with E-state index in [1.165, 1.54) is 6.07 Å². The first kappa shape index (κ1) is 9.19. The van der Waals surface area contributed by atoms with Crippen LogP contribution in [0.2, 0.25) is 0 Å². The van der Waals surface area contributed by atoms with Crippen molar-refractivity contribution in [3.05, 3.63) is 35.1 Å². The van der Waals surface area contributed by atoms with Gasteiger partial charge >= 0.3 is 0 Å². The zero-order chi connectivity index (χ0) is 10.3. The van der Waals surface area contributed by atoms with Gasteiger partial charge in [0.15, 0.2) is 0 Å². The molecule has 0 spiro atoms. The largest absolute Gasteiger partial charge is 0.346 e. The highest BCUT2D eigenvalue weighted by atomic mass is 19.1. The molecule has 1 aliphatic heterocycles. The fourth-order valence-electron chi connectivity index (χ4n) is 1.72. The lowest BCUT2D eigenvalue weighted by Crippen LogP contribution is -2.56. The molecule has 1 N–H and O–H groups in total. The average Bonchev–Trinajstić information content (AvgIpc) is 2.07. The maximum atomic E-state index is 13.3. The Kier molecular flexibility index (Phi) is 1.84. The number of hydrogen-bond donors (Lipinski definition) is 1. The smallest absolute Gasteiger partial charge is 0.223 e. The summed E-state index contributed by atoms with van der Waals surface area (Å²) in [5.41, 5.74) is 1.09. The van der Waals surface area contributed by atoms with Crippen molar-refractivity contribution in [2.24, 2.45) is 0 Å². The van der Waals surface area contributed by atoms with E-state index in [1.54, 1.807) is 13.0 Å². The quantitative estimate of drug-likeness (QED) is 0.678. The molecule has 2 rings (SSSR count). The van der Waals surface area contributed by atoms with Crippen LogP contribution < -0.4 is 5.32 Å². The number of hydrogen-bond acceptors (Lipinski definition) is 1. The molecule has 1 saturated heterocycles. The zero-order valence-electron chi connectivity index (χ0n) is 8.23. The van der Waals surface area contributed by atoms with Crippen molar-refractivity contribution in [3.8, 4) is 0 Å². The summed E-state index contributed by atoms with van der Waals surface area (Å²) in [6.45, 7) is 3.62. The molecule has 1 unspecified atom stereocenters. The fraction of sp³-hybridized carbons (Fsp3) is 0.364. The minimum atomic E-state index is -0.369. The third-order valence-electron chi connectivity index (χ3n) is 2.74. The van der Waals surface area contributed by atoms with Crippen LogP contribution in [0.15, 0.2) is 18.2 Å². The summed E-state index contributed by atoms with van der Waals surface area (Å²) in [5, 5.41) is 2.78. The van der Waals surface area contributed by atoms with Gasteiger partial charge in [-0.3, -0.25) is 4.79 Å². The van der Waals surface area contributed by atoms with E-state index in [4.69, 9.17) is 0 Å². The highest BCUT2D eigenvalue weighted by molar-refractivity contribution is 5.85. The Balaban J connectivity index is 2.34. The van der Waals surface area contributed by atoms with Crippen LogP contribution in [0.5, 0.6) is 0 Å². The summed E-state index contributed by atoms with van der Waals surface area (Å²) < 4.78 is 13.3. The third-order valence-corrected chi connectivity index (χ3v) is 2.74. The van der Waals surface area contributed by atoms with Crippen molar-refractivity contribution in [1.29, 1.82) is 0 Å². The monoisotopic (exact) mass is 193 g/mol. The van der Waals surface area contributed by atoms with Crippen molar-refractivity contribution in [2.75, 3.05) is 0 Å². The van der Waals surface area contributed by atoms with Crippen molar-refractivity contribution in [2.45, 2.75) is 25.8 Å². The highest BCUT2D eigenvalue weighted by Gasteiger charge is 2.39. The van der Waals surface area contributed by atoms with Crippen LogP contribution in [0.25, 0.3) is 0 Å². The summed E-state index contributed by atoms with van der Waals surface area (Å²) >= 11 is 0. The molecule has 74 valence electrons. The molecule has 0 aliphatic carbocycles. The number of rotatable bonds is 1. The van der Waals surface area contributed by atoms with Crippen LogP contribution in [0.4, 0.5) is 4.39 Å². The minimum absolute atomic E-state index is 0.0217. The Hall–Kier alpha value is -1.38. The normalized spacial score (nSPS) is 25.5. The summed E-state index contributed by atoms with van der Waals surface area (Å²) in [4.78, 5) is 10.8. The van der Waals surface area contributed by atoms with Gasteiger partial charge in [-0.15, -0.1) is 0 Å². The van der Waals surface area contributed by atoms with Gasteiger partial charge in [-0.2, -0.15) is 0 Å². The molecule has 1 heterocycles. The summed E-state index contributed by atoms with van der Waals surface area (Å²) in [5.74, 6) is -0.196. The number of carbonyl (C=O) groups excluding carboxylic acids is 1. The first-order chi connectivity index (χ1) is 6.51. The molecule has 1 amide bonds. The van der Waals surface area contributed by atoms with Gasteiger partial charge in [0, 0.05) is 0 Å². The van der Waals surface area contributed by atoms with Crippen LogP contribution in [-0.2, 0) is 10.3 Å². The van der Waals surface area contributed by atoms with Gasteiger partial charge < -0.3 is 5.32 Å². The third kappa shape index (κ3) is 1.29. The Bertz CT molecular complexity index is 392. The first-order valence-electron chi connectivity index (χ1n) is 4.59. The molecular formula is C11H12FNO. The van der Waals surface area contributed by atoms with Crippen LogP contribution in [-0.4, -0.2) is 5.91 Å². The molecule has 0 radical (unpaired) electrons. The van der Waals surface area contributed by atoms with E-state index >= 15 is 0 Å². The molecule has 1 fully saturated rings. The second kappa shape index (κ2) is 2.80. The van der Waals surface area contributed by atoms with Gasteiger partial charge in [-0.25, -0.2) is 4.39 Å². The van der Waals surface area contributed by atoms with Crippen molar-refractivity contribution in [1.82, 2.24) is 5.32 Å². The van der Waals surface area contributed by atoms with Crippen molar-refractivity contribution < 1.29 is 9.18 Å². The van der Waals surface area contributed by atoms with Gasteiger partial charge in [-0.1, -0.05) is 12.1 Å². The molecule has 1 aliphatic rings. The molecule has 0 aromatic heterocycles. The average molecular weight is 193 g/mol. The van der Waals surface area contributed by atoms with Gasteiger partial charge in [-0.05, 0) is 31.0 Å². The Morgan fingerprint density at radius 2 is 2.14 bits per heavy atom. The van der Waals surface area contributed by atoms with Crippen LogP contribution >= 0.6 is 0 Å². The maximum Gasteiger partial charge on any atom is 0.223 e. The number of carbonyl (C=O) groups is 1. The van der Waals surface area contributed by atoms with Crippen LogP contribution in [0, 0.1) is 12.7 Å². The van der Waals surface area contributed by atoms with E-state index in [0.29, 0.717) is 12.0 Å². The lowest BCUT2D eigenvalue weighted by Gasteiger charge is -2.39. The van der Waals surface area contributed by atoms with Gasteiger partial charge in [0.1, 0.15) is 5.82 Å². The molecule has 1 aromatic rings. The number of amides is 1. The maximum absolute atomic E-state index is 13.3. The standard InChI is InChI=1S/C11H12FNO/c1-7-3-4-8(5-9(7)12)11(2)6-10(14)13-11/h3-5H,6H2,1-2H3,(H,13,14). The number of nitrogens with one attached hydrogen (secondary N) is 1. The van der Waals surface area contributed by atoms with E-state index in [9.17, 15) is 9.18 Å². The van der Waals surface area contributed by atoms with Gasteiger partial charge in [0.2, 0.25) is 5.91 Å². The van der Waals surface area contributed by atoms with Crippen LogP contribution in [0.3, 0.4) is 0 Å². The molecule has 2 nitrogen and oxygen atoms in total. The molecule has 1 aromatic carbocycles. The SMILES string of the molecule is Cc1ccc(C2(C)CC(=O)N2)cc1F. The number of aryl methyl sites for hydroxylation is 1. The van der Waals surface area contributed by atoms with Crippen LogP contribution in [0.1, 0.15) is 24.5 Å². The summed E-state index contributed by atoms with van der Waals surface area (Å²) in [6.07, 6.45) is 0.440. The number of β-lactam (4-membered cyclic amide) rings is 1. The topological polar surface area (TPSA) is 29.1 Å². The van der Waals surface area contributed by atoms with E-state index in [0.717, 1.165) is 5.56 Å². The van der Waals surface area contributed by atoms with E-state index in [-0.39, 0.29) is 17.3 Å². The van der Waals surface area contributed by atoms with Crippen molar-refractivity contribution in [3.63, 3.8) is 0 Å².